The molecule has 0 aliphatic heterocycles. The third-order valence-electron chi connectivity index (χ3n) is 6.15. The summed E-state index contributed by atoms with van der Waals surface area (Å²) in [5, 5.41) is 6.33. The molecule has 2 amide bonds. The molecule has 5 N–H and O–H groups in total. The first-order valence-electron chi connectivity index (χ1n) is 13.7. The standard InChI is InChI=1S/C32H33ClN6O3S/c33-26-9-4-5-10-29(26)43-22-25-12-14-28(42-20-17-23-7-2-1-3-8-23)27(38-25)13-16-31(40)35-18-6-19-36-32(41)24-11-15-30(39-34)37-21-24/h1-5,7-16,21H,6,17-20,22,34H2,(H,35,40)(H,36,41)(H,37,39). The monoisotopic (exact) mass is 616 g/mol. The molecule has 0 aliphatic carbocycles. The fourth-order valence-corrected chi connectivity index (χ4v) is 5.04. The molecule has 222 valence electrons. The zero-order valence-electron chi connectivity index (χ0n) is 23.5. The van der Waals surface area contributed by atoms with Crippen LogP contribution in [0.15, 0.2) is 96.0 Å². The molecule has 0 atom stereocenters. The van der Waals surface area contributed by atoms with Gasteiger partial charge in [-0.2, -0.15) is 0 Å². The molecule has 2 heterocycles. The Balaban J connectivity index is 1.30. The average Bonchev–Trinajstić information content (AvgIpc) is 3.04. The Morgan fingerprint density at radius 2 is 1.74 bits per heavy atom. The van der Waals surface area contributed by atoms with Crippen LogP contribution in [0.4, 0.5) is 5.82 Å². The Hall–Kier alpha value is -4.38. The number of benzene rings is 2. The summed E-state index contributed by atoms with van der Waals surface area (Å²) in [5.41, 5.74) is 5.41. The van der Waals surface area contributed by atoms with Gasteiger partial charge in [-0.05, 0) is 54.5 Å². The largest absolute Gasteiger partial charge is 0.491 e. The van der Waals surface area contributed by atoms with Gasteiger partial charge < -0.3 is 20.8 Å². The van der Waals surface area contributed by atoms with Crippen LogP contribution in [0.5, 0.6) is 5.75 Å². The molecule has 0 bridgehead atoms. The van der Waals surface area contributed by atoms with Crippen LogP contribution in [0.1, 0.15) is 33.7 Å². The van der Waals surface area contributed by atoms with Crippen LogP contribution in [0.25, 0.3) is 6.08 Å². The van der Waals surface area contributed by atoms with Crippen molar-refractivity contribution < 1.29 is 14.3 Å². The maximum Gasteiger partial charge on any atom is 0.252 e. The highest BCUT2D eigenvalue weighted by Crippen LogP contribution is 2.30. The molecule has 0 aliphatic rings. The summed E-state index contributed by atoms with van der Waals surface area (Å²) in [7, 11) is 0. The lowest BCUT2D eigenvalue weighted by Gasteiger charge is -2.11. The minimum absolute atomic E-state index is 0.249. The highest BCUT2D eigenvalue weighted by atomic mass is 35.5. The lowest BCUT2D eigenvalue weighted by Crippen LogP contribution is -2.29. The van der Waals surface area contributed by atoms with E-state index < -0.39 is 0 Å². The van der Waals surface area contributed by atoms with Crippen molar-refractivity contribution in [3.8, 4) is 5.75 Å². The molecule has 9 nitrogen and oxygen atoms in total. The van der Waals surface area contributed by atoms with Crippen LogP contribution in [-0.2, 0) is 17.0 Å². The van der Waals surface area contributed by atoms with Gasteiger partial charge in [-0.3, -0.25) is 9.59 Å². The van der Waals surface area contributed by atoms with Crippen molar-refractivity contribution in [2.75, 3.05) is 25.1 Å². The Morgan fingerprint density at radius 1 is 0.953 bits per heavy atom. The molecular formula is C32H33ClN6O3S. The minimum Gasteiger partial charge on any atom is -0.491 e. The van der Waals surface area contributed by atoms with E-state index in [0.717, 1.165) is 17.0 Å². The van der Waals surface area contributed by atoms with Gasteiger partial charge in [0.25, 0.3) is 5.91 Å². The highest BCUT2D eigenvalue weighted by Gasteiger charge is 2.09. The van der Waals surface area contributed by atoms with Crippen LogP contribution in [0.3, 0.4) is 0 Å². The number of rotatable bonds is 15. The molecule has 4 aromatic rings. The number of pyridine rings is 2. The number of aromatic nitrogens is 2. The van der Waals surface area contributed by atoms with Gasteiger partial charge >= 0.3 is 0 Å². The van der Waals surface area contributed by atoms with E-state index in [4.69, 9.17) is 27.2 Å². The predicted octanol–water partition coefficient (Wildman–Crippen LogP) is 5.28. The van der Waals surface area contributed by atoms with E-state index in [1.807, 2.05) is 54.6 Å². The number of amides is 2. The number of hydrogen-bond acceptors (Lipinski definition) is 8. The van der Waals surface area contributed by atoms with Crippen LogP contribution in [0, 0.1) is 0 Å². The number of halogens is 1. The van der Waals surface area contributed by atoms with Gasteiger partial charge in [-0.1, -0.05) is 54.1 Å². The van der Waals surface area contributed by atoms with Gasteiger partial charge in [-0.15, -0.1) is 11.8 Å². The molecule has 2 aromatic heterocycles. The number of thioether (sulfide) groups is 1. The Morgan fingerprint density at radius 3 is 2.51 bits per heavy atom. The number of nitrogens with two attached hydrogens (primary N) is 1. The van der Waals surface area contributed by atoms with Crippen LogP contribution in [0.2, 0.25) is 5.02 Å². The second kappa shape index (κ2) is 16.9. The third-order valence-corrected chi connectivity index (χ3v) is 7.70. The van der Waals surface area contributed by atoms with E-state index in [-0.39, 0.29) is 11.8 Å². The number of anilines is 1. The molecule has 0 spiro atoms. The summed E-state index contributed by atoms with van der Waals surface area (Å²) in [5.74, 6) is 6.45. The van der Waals surface area contributed by atoms with Gasteiger partial charge in [0.1, 0.15) is 17.3 Å². The minimum atomic E-state index is -0.270. The summed E-state index contributed by atoms with van der Waals surface area (Å²) < 4.78 is 6.07. The molecule has 11 heteroatoms. The zero-order valence-corrected chi connectivity index (χ0v) is 25.0. The topological polar surface area (TPSA) is 131 Å². The van der Waals surface area contributed by atoms with Crippen molar-refractivity contribution in [3.05, 3.63) is 119 Å². The SMILES string of the molecule is NNc1ccc(C(=O)NCCCNC(=O)C=Cc2nc(CSc3ccccc3Cl)ccc2OCCc2ccccc2)cn1. The summed E-state index contributed by atoms with van der Waals surface area (Å²) in [6, 6.07) is 24.8. The fourth-order valence-electron chi connectivity index (χ4n) is 3.89. The number of nitrogens with zero attached hydrogens (tertiary/aromatic N) is 2. The maximum atomic E-state index is 12.5. The van der Waals surface area contributed by atoms with E-state index in [0.29, 0.717) is 59.7 Å². The third kappa shape index (κ3) is 10.4. The molecule has 4 rings (SSSR count). The van der Waals surface area contributed by atoms with Gasteiger partial charge in [0.05, 0.1) is 22.9 Å². The number of nitrogens with one attached hydrogen (secondary N) is 3. The van der Waals surface area contributed by atoms with Crippen molar-refractivity contribution in [3.63, 3.8) is 0 Å². The van der Waals surface area contributed by atoms with Crippen molar-refractivity contribution in [2.45, 2.75) is 23.5 Å². The van der Waals surface area contributed by atoms with Crippen molar-refractivity contribution >= 4 is 47.1 Å². The molecule has 43 heavy (non-hydrogen) atoms. The molecule has 0 radical (unpaired) electrons. The molecular weight excluding hydrogens is 584 g/mol. The van der Waals surface area contributed by atoms with Crippen molar-refractivity contribution in [1.29, 1.82) is 0 Å². The van der Waals surface area contributed by atoms with Gasteiger partial charge in [-0.25, -0.2) is 15.8 Å². The lowest BCUT2D eigenvalue weighted by atomic mass is 10.2. The first-order chi connectivity index (χ1) is 21.0. The van der Waals surface area contributed by atoms with Crippen LogP contribution < -0.4 is 26.6 Å². The highest BCUT2D eigenvalue weighted by molar-refractivity contribution is 7.98. The van der Waals surface area contributed by atoms with Crippen LogP contribution >= 0.6 is 23.4 Å². The quantitative estimate of drug-likeness (QED) is 0.0467. The van der Waals surface area contributed by atoms with E-state index >= 15 is 0 Å². The Bertz CT molecular complexity index is 1520. The molecule has 0 saturated heterocycles. The summed E-state index contributed by atoms with van der Waals surface area (Å²) >= 11 is 7.90. The molecule has 2 aromatic carbocycles. The number of ether oxygens (including phenoxy) is 1. The van der Waals surface area contributed by atoms with E-state index in [1.165, 1.54) is 17.8 Å². The fraction of sp³-hybridized carbons (Fsp3) is 0.188. The average molecular weight is 617 g/mol. The first-order valence-corrected chi connectivity index (χ1v) is 15.1. The number of hydrogen-bond donors (Lipinski definition) is 4. The van der Waals surface area contributed by atoms with Gasteiger partial charge in [0, 0.05) is 42.4 Å². The van der Waals surface area contributed by atoms with E-state index in [2.05, 4.69) is 33.2 Å². The molecule has 0 unspecified atom stereocenters. The number of carbonyl (C=O) groups excluding carboxylic acids is 2. The summed E-state index contributed by atoms with van der Waals surface area (Å²) in [6.45, 7) is 1.26. The number of carbonyl (C=O) groups is 2. The predicted molar refractivity (Wildman–Crippen MR) is 172 cm³/mol. The Kier molecular flexibility index (Phi) is 12.4. The smallest absolute Gasteiger partial charge is 0.252 e. The van der Waals surface area contributed by atoms with Gasteiger partial charge in [0.15, 0.2) is 0 Å². The van der Waals surface area contributed by atoms with Crippen molar-refractivity contribution in [1.82, 2.24) is 20.6 Å². The second-order valence-electron chi connectivity index (χ2n) is 9.30. The lowest BCUT2D eigenvalue weighted by molar-refractivity contribution is -0.116. The first kappa shape index (κ1) is 31.6. The zero-order chi connectivity index (χ0) is 30.3. The normalized spacial score (nSPS) is 10.8. The van der Waals surface area contributed by atoms with Crippen molar-refractivity contribution in [2.24, 2.45) is 5.84 Å². The van der Waals surface area contributed by atoms with Crippen LogP contribution in [-0.4, -0.2) is 41.5 Å². The number of nitrogen functional groups attached to an aromatic ring is 1. The number of hydrazine groups is 1. The van der Waals surface area contributed by atoms with E-state index in [1.54, 1.807) is 30.0 Å². The molecule has 0 saturated carbocycles. The maximum absolute atomic E-state index is 12.5. The second-order valence-corrected chi connectivity index (χ2v) is 10.7. The summed E-state index contributed by atoms with van der Waals surface area (Å²) in [6.07, 6.45) is 5.84. The summed E-state index contributed by atoms with van der Waals surface area (Å²) in [4.78, 5) is 34.5. The Labute approximate surface area is 260 Å². The van der Waals surface area contributed by atoms with E-state index in [9.17, 15) is 9.59 Å². The molecule has 0 fully saturated rings. The van der Waals surface area contributed by atoms with Gasteiger partial charge in [0.2, 0.25) is 5.91 Å².